The van der Waals surface area contributed by atoms with Gasteiger partial charge in [-0.1, -0.05) is 0 Å². The van der Waals surface area contributed by atoms with Crippen LogP contribution in [0.2, 0.25) is 0 Å². The molecular formula is C9H15F3O3. The Labute approximate surface area is 86.5 Å². The Balaban J connectivity index is 2.86. The fourth-order valence-electron chi connectivity index (χ4n) is 1.94. The lowest BCUT2D eigenvalue weighted by molar-refractivity contribution is -0.282. The third kappa shape index (κ3) is 2.62. The van der Waals surface area contributed by atoms with E-state index in [-0.39, 0.29) is 26.1 Å². The van der Waals surface area contributed by atoms with E-state index in [0.717, 1.165) is 7.11 Å². The monoisotopic (exact) mass is 228 g/mol. The lowest BCUT2D eigenvalue weighted by Crippen LogP contribution is -2.55. The molecule has 0 aromatic carbocycles. The molecule has 0 bridgehead atoms. The highest BCUT2D eigenvalue weighted by atomic mass is 19.4. The van der Waals surface area contributed by atoms with E-state index in [4.69, 9.17) is 9.47 Å². The number of halogens is 3. The molecule has 0 spiro atoms. The highest BCUT2D eigenvalue weighted by molar-refractivity contribution is 4.95. The van der Waals surface area contributed by atoms with Gasteiger partial charge in [0.15, 0.2) is 6.10 Å². The molecule has 1 aliphatic rings. The van der Waals surface area contributed by atoms with Gasteiger partial charge in [-0.25, -0.2) is 0 Å². The Morgan fingerprint density at radius 2 is 1.73 bits per heavy atom. The summed E-state index contributed by atoms with van der Waals surface area (Å²) in [4.78, 5) is 0. The number of hydrogen-bond donors (Lipinski definition) is 0. The van der Waals surface area contributed by atoms with Gasteiger partial charge in [0.1, 0.15) is 5.60 Å². The van der Waals surface area contributed by atoms with Crippen LogP contribution < -0.4 is 0 Å². The molecule has 0 aromatic rings. The molecule has 0 N–H and O–H groups in total. The molecule has 0 amide bonds. The summed E-state index contributed by atoms with van der Waals surface area (Å²) in [5, 5.41) is 0. The summed E-state index contributed by atoms with van der Waals surface area (Å²) in [6.07, 6.45) is -5.91. The molecular weight excluding hydrogens is 213 g/mol. The van der Waals surface area contributed by atoms with Gasteiger partial charge in [-0.15, -0.1) is 0 Å². The molecule has 1 fully saturated rings. The smallest absolute Gasteiger partial charge is 0.381 e. The standard InChI is InChI=1S/C9H15F3O3/c1-13-7(9(10,11)12)8(14-2)3-5-15-6-4-8/h7H,3-6H2,1-2H3. The van der Waals surface area contributed by atoms with Crippen LogP contribution in [0.5, 0.6) is 0 Å². The largest absolute Gasteiger partial charge is 0.417 e. The summed E-state index contributed by atoms with van der Waals surface area (Å²) in [5.74, 6) is 0. The zero-order chi connectivity index (χ0) is 11.5. The zero-order valence-electron chi connectivity index (χ0n) is 8.76. The minimum absolute atomic E-state index is 0.196. The van der Waals surface area contributed by atoms with Crippen LogP contribution in [0.15, 0.2) is 0 Å². The second-order valence-corrected chi connectivity index (χ2v) is 3.54. The average Bonchev–Trinajstić information content (AvgIpc) is 2.18. The first kappa shape index (κ1) is 12.7. The molecule has 1 atom stereocenters. The molecule has 1 unspecified atom stereocenters. The van der Waals surface area contributed by atoms with E-state index in [1.54, 1.807) is 0 Å². The third-order valence-corrected chi connectivity index (χ3v) is 2.76. The maximum Gasteiger partial charge on any atom is 0.417 e. The summed E-state index contributed by atoms with van der Waals surface area (Å²) in [5.41, 5.74) is -1.30. The van der Waals surface area contributed by atoms with E-state index in [9.17, 15) is 13.2 Å². The van der Waals surface area contributed by atoms with Crippen LogP contribution in [-0.2, 0) is 14.2 Å². The Kier molecular flexibility index (Phi) is 3.97. The Hall–Kier alpha value is -0.330. The van der Waals surface area contributed by atoms with Gasteiger partial charge >= 0.3 is 6.18 Å². The molecule has 3 nitrogen and oxygen atoms in total. The summed E-state index contributed by atoms with van der Waals surface area (Å²) in [6.45, 7) is 0.535. The minimum Gasteiger partial charge on any atom is -0.381 e. The van der Waals surface area contributed by atoms with Crippen molar-refractivity contribution in [3.05, 3.63) is 0 Å². The third-order valence-electron chi connectivity index (χ3n) is 2.76. The molecule has 90 valence electrons. The van der Waals surface area contributed by atoms with Gasteiger partial charge < -0.3 is 14.2 Å². The van der Waals surface area contributed by atoms with Gasteiger partial charge in [-0.3, -0.25) is 0 Å². The first-order valence-electron chi connectivity index (χ1n) is 4.69. The maximum absolute atomic E-state index is 12.7. The zero-order valence-corrected chi connectivity index (χ0v) is 8.76. The van der Waals surface area contributed by atoms with Crippen molar-refractivity contribution >= 4 is 0 Å². The van der Waals surface area contributed by atoms with Crippen LogP contribution in [-0.4, -0.2) is 45.3 Å². The Morgan fingerprint density at radius 1 is 1.20 bits per heavy atom. The highest BCUT2D eigenvalue weighted by Gasteiger charge is 2.55. The summed E-state index contributed by atoms with van der Waals surface area (Å²) < 4.78 is 52.7. The van der Waals surface area contributed by atoms with Crippen LogP contribution in [0.25, 0.3) is 0 Å². The number of rotatable bonds is 3. The predicted molar refractivity (Wildman–Crippen MR) is 46.6 cm³/mol. The van der Waals surface area contributed by atoms with Gasteiger partial charge in [-0.2, -0.15) is 13.2 Å². The van der Waals surface area contributed by atoms with Crippen LogP contribution in [0, 0.1) is 0 Å². The van der Waals surface area contributed by atoms with E-state index >= 15 is 0 Å². The van der Waals surface area contributed by atoms with E-state index in [2.05, 4.69) is 4.74 Å². The molecule has 1 rings (SSSR count). The normalized spacial score (nSPS) is 23.8. The fraction of sp³-hybridized carbons (Fsp3) is 1.00. The van der Waals surface area contributed by atoms with Crippen molar-refractivity contribution in [1.29, 1.82) is 0 Å². The van der Waals surface area contributed by atoms with E-state index < -0.39 is 17.9 Å². The van der Waals surface area contributed by atoms with Crippen LogP contribution >= 0.6 is 0 Å². The van der Waals surface area contributed by atoms with Crippen LogP contribution in [0.1, 0.15) is 12.8 Å². The van der Waals surface area contributed by atoms with Gasteiger partial charge in [0, 0.05) is 40.3 Å². The lowest BCUT2D eigenvalue weighted by atomic mass is 9.87. The summed E-state index contributed by atoms with van der Waals surface area (Å²) in [6, 6.07) is 0. The van der Waals surface area contributed by atoms with E-state index in [1.807, 2.05) is 0 Å². The van der Waals surface area contributed by atoms with Crippen molar-refractivity contribution in [2.75, 3.05) is 27.4 Å². The van der Waals surface area contributed by atoms with Crippen molar-refractivity contribution in [1.82, 2.24) is 0 Å². The predicted octanol–water partition coefficient (Wildman–Crippen LogP) is 1.76. The maximum atomic E-state index is 12.7. The highest BCUT2D eigenvalue weighted by Crippen LogP contribution is 2.38. The molecule has 1 heterocycles. The molecule has 6 heteroatoms. The Morgan fingerprint density at radius 3 is 2.07 bits per heavy atom. The SMILES string of the molecule is COC(C(F)(F)F)C1(OC)CCOCC1. The average molecular weight is 228 g/mol. The van der Waals surface area contributed by atoms with Gasteiger partial charge in [-0.05, 0) is 0 Å². The first-order valence-corrected chi connectivity index (χ1v) is 4.69. The lowest BCUT2D eigenvalue weighted by Gasteiger charge is -2.41. The number of alkyl halides is 3. The van der Waals surface area contributed by atoms with Gasteiger partial charge in [0.25, 0.3) is 0 Å². The molecule has 1 saturated heterocycles. The van der Waals surface area contributed by atoms with Crippen molar-refractivity contribution in [3.8, 4) is 0 Å². The van der Waals surface area contributed by atoms with Crippen molar-refractivity contribution in [2.24, 2.45) is 0 Å². The molecule has 1 aliphatic heterocycles. The fourth-order valence-corrected chi connectivity index (χ4v) is 1.94. The minimum atomic E-state index is -4.41. The number of methoxy groups -OCH3 is 2. The quantitative estimate of drug-likeness (QED) is 0.736. The number of ether oxygens (including phenoxy) is 3. The van der Waals surface area contributed by atoms with Crippen molar-refractivity contribution in [3.63, 3.8) is 0 Å². The summed E-state index contributed by atoms with van der Waals surface area (Å²) in [7, 11) is 2.33. The molecule has 0 aromatic heterocycles. The van der Waals surface area contributed by atoms with Crippen molar-refractivity contribution in [2.45, 2.75) is 30.7 Å². The Bertz CT molecular complexity index is 199. The molecule has 15 heavy (non-hydrogen) atoms. The topological polar surface area (TPSA) is 27.7 Å². The second-order valence-electron chi connectivity index (χ2n) is 3.54. The van der Waals surface area contributed by atoms with Gasteiger partial charge in [0.05, 0.1) is 0 Å². The first-order chi connectivity index (χ1) is 6.96. The molecule has 0 radical (unpaired) electrons. The van der Waals surface area contributed by atoms with Crippen molar-refractivity contribution < 1.29 is 27.4 Å². The van der Waals surface area contributed by atoms with Crippen LogP contribution in [0.3, 0.4) is 0 Å². The molecule has 0 aliphatic carbocycles. The van der Waals surface area contributed by atoms with Gasteiger partial charge in [0.2, 0.25) is 0 Å². The second kappa shape index (κ2) is 4.67. The van der Waals surface area contributed by atoms with E-state index in [0.29, 0.717) is 0 Å². The summed E-state index contributed by atoms with van der Waals surface area (Å²) >= 11 is 0. The molecule has 0 saturated carbocycles. The van der Waals surface area contributed by atoms with E-state index in [1.165, 1.54) is 7.11 Å². The number of hydrogen-bond acceptors (Lipinski definition) is 3. The van der Waals surface area contributed by atoms with Crippen LogP contribution in [0.4, 0.5) is 13.2 Å².